The van der Waals surface area contributed by atoms with Crippen LogP contribution in [-0.2, 0) is 20.9 Å². The first-order valence-corrected chi connectivity index (χ1v) is 9.12. The summed E-state index contributed by atoms with van der Waals surface area (Å²) in [7, 11) is 0. The van der Waals surface area contributed by atoms with E-state index in [9.17, 15) is 19.5 Å². The molecule has 1 aromatic carbocycles. The SMILES string of the molecule is CC1CCC2(CNC2=O)N1C(=O)[C@@H](NC(=O)OCc1ccccc1)[C@@H](C)O. The lowest BCUT2D eigenvalue weighted by Crippen LogP contribution is -2.74. The van der Waals surface area contributed by atoms with E-state index < -0.39 is 29.7 Å². The molecule has 0 bridgehead atoms. The molecule has 2 unspecified atom stereocenters. The Balaban J connectivity index is 1.66. The van der Waals surface area contributed by atoms with E-state index in [2.05, 4.69) is 10.6 Å². The maximum atomic E-state index is 13.1. The quantitative estimate of drug-likeness (QED) is 0.651. The molecule has 4 atom stereocenters. The standard InChI is InChI=1S/C19H25N3O5/c1-12-8-9-19(11-20-17(19)25)22(12)16(24)15(13(2)23)21-18(26)27-10-14-6-4-3-5-7-14/h3-7,12-13,15,23H,8-11H2,1-2H3,(H,20,25)(H,21,26)/t12?,13-,15+,19?/m1/s1. The highest BCUT2D eigenvalue weighted by molar-refractivity contribution is 5.99. The minimum Gasteiger partial charge on any atom is -0.445 e. The van der Waals surface area contributed by atoms with E-state index >= 15 is 0 Å². The van der Waals surface area contributed by atoms with Crippen LogP contribution in [0.2, 0.25) is 0 Å². The number of β-lactam (4-membered cyclic amide) rings is 1. The first kappa shape index (κ1) is 19.2. The van der Waals surface area contributed by atoms with E-state index in [0.717, 1.165) is 5.56 Å². The van der Waals surface area contributed by atoms with Crippen molar-refractivity contribution in [2.75, 3.05) is 6.54 Å². The molecule has 0 aliphatic carbocycles. The van der Waals surface area contributed by atoms with Gasteiger partial charge in [0.25, 0.3) is 0 Å². The Bertz CT molecular complexity index is 723. The minimum atomic E-state index is -1.18. The molecule has 2 fully saturated rings. The third-order valence-corrected chi connectivity index (χ3v) is 5.31. The Morgan fingerprint density at radius 2 is 2.11 bits per heavy atom. The molecule has 0 aromatic heterocycles. The van der Waals surface area contributed by atoms with E-state index in [1.807, 2.05) is 37.3 Å². The van der Waals surface area contributed by atoms with Crippen molar-refractivity contribution in [3.8, 4) is 0 Å². The fourth-order valence-corrected chi connectivity index (χ4v) is 3.74. The highest BCUT2D eigenvalue weighted by Crippen LogP contribution is 2.38. The third kappa shape index (κ3) is 3.62. The van der Waals surface area contributed by atoms with Crippen molar-refractivity contribution in [1.29, 1.82) is 0 Å². The largest absolute Gasteiger partial charge is 0.445 e. The van der Waals surface area contributed by atoms with Crippen molar-refractivity contribution in [3.63, 3.8) is 0 Å². The van der Waals surface area contributed by atoms with Crippen LogP contribution in [0.1, 0.15) is 32.3 Å². The lowest BCUT2D eigenvalue weighted by Gasteiger charge is -2.46. The molecule has 1 aromatic rings. The Morgan fingerprint density at radius 3 is 2.67 bits per heavy atom. The first-order chi connectivity index (χ1) is 12.8. The summed E-state index contributed by atoms with van der Waals surface area (Å²) in [6, 6.07) is 7.82. The number of aliphatic hydroxyl groups is 1. The van der Waals surface area contributed by atoms with Gasteiger partial charge in [-0.1, -0.05) is 30.3 Å². The molecule has 2 saturated heterocycles. The molecule has 0 saturated carbocycles. The summed E-state index contributed by atoms with van der Waals surface area (Å²) in [5.41, 5.74) is -0.0509. The number of carbonyl (C=O) groups excluding carboxylic acids is 3. The van der Waals surface area contributed by atoms with Crippen molar-refractivity contribution >= 4 is 17.9 Å². The Morgan fingerprint density at radius 1 is 1.41 bits per heavy atom. The zero-order valence-electron chi connectivity index (χ0n) is 15.5. The second kappa shape index (κ2) is 7.56. The predicted molar refractivity (Wildman–Crippen MR) is 96.5 cm³/mol. The molecule has 8 nitrogen and oxygen atoms in total. The van der Waals surface area contributed by atoms with Gasteiger partial charge in [-0.2, -0.15) is 0 Å². The number of ether oxygens (including phenoxy) is 1. The van der Waals surface area contributed by atoms with E-state index in [4.69, 9.17) is 4.74 Å². The number of benzene rings is 1. The van der Waals surface area contributed by atoms with Crippen LogP contribution < -0.4 is 10.6 Å². The van der Waals surface area contributed by atoms with Gasteiger partial charge in [0.2, 0.25) is 11.8 Å². The minimum absolute atomic E-state index is 0.0554. The molecule has 3 N–H and O–H groups in total. The van der Waals surface area contributed by atoms with Gasteiger partial charge < -0.3 is 25.4 Å². The summed E-state index contributed by atoms with van der Waals surface area (Å²) in [6.45, 7) is 3.74. The maximum absolute atomic E-state index is 13.1. The van der Waals surface area contributed by atoms with Crippen molar-refractivity contribution in [1.82, 2.24) is 15.5 Å². The molecule has 2 heterocycles. The summed E-state index contributed by atoms with van der Waals surface area (Å²) in [5.74, 6) is -0.655. The summed E-state index contributed by atoms with van der Waals surface area (Å²) >= 11 is 0. The van der Waals surface area contributed by atoms with Crippen LogP contribution in [-0.4, -0.2) is 58.2 Å². The molecular formula is C19H25N3O5. The van der Waals surface area contributed by atoms with Gasteiger partial charge >= 0.3 is 6.09 Å². The highest BCUT2D eigenvalue weighted by Gasteiger charge is 2.58. The van der Waals surface area contributed by atoms with E-state index in [-0.39, 0.29) is 18.6 Å². The normalized spacial score (nSPS) is 26.1. The van der Waals surface area contributed by atoms with Crippen LogP contribution in [0.25, 0.3) is 0 Å². The van der Waals surface area contributed by atoms with Crippen molar-refractivity contribution in [3.05, 3.63) is 35.9 Å². The summed E-state index contributed by atoms with van der Waals surface area (Å²) in [6.07, 6.45) is -0.646. The number of hydrogen-bond acceptors (Lipinski definition) is 5. The molecular weight excluding hydrogens is 350 g/mol. The molecule has 2 aliphatic rings. The van der Waals surface area contributed by atoms with Gasteiger partial charge in [0.1, 0.15) is 18.2 Å². The van der Waals surface area contributed by atoms with Gasteiger partial charge in [-0.15, -0.1) is 0 Å². The van der Waals surface area contributed by atoms with Gasteiger partial charge in [-0.05, 0) is 32.3 Å². The Kier molecular flexibility index (Phi) is 5.36. The number of aliphatic hydroxyl groups excluding tert-OH is 1. The lowest BCUT2D eigenvalue weighted by molar-refractivity contribution is -0.156. The van der Waals surface area contributed by atoms with E-state index in [1.54, 1.807) is 0 Å². The van der Waals surface area contributed by atoms with Crippen LogP contribution >= 0.6 is 0 Å². The number of amides is 3. The number of alkyl carbamates (subject to hydrolysis) is 1. The monoisotopic (exact) mass is 375 g/mol. The van der Waals surface area contributed by atoms with Crippen molar-refractivity contribution in [2.45, 2.75) is 57.0 Å². The van der Waals surface area contributed by atoms with Gasteiger partial charge in [-0.3, -0.25) is 9.59 Å². The number of rotatable bonds is 5. The zero-order chi connectivity index (χ0) is 19.6. The zero-order valence-corrected chi connectivity index (χ0v) is 15.5. The topological polar surface area (TPSA) is 108 Å². The molecule has 2 aliphatic heterocycles. The van der Waals surface area contributed by atoms with Crippen LogP contribution in [0.3, 0.4) is 0 Å². The van der Waals surface area contributed by atoms with E-state index in [1.165, 1.54) is 11.8 Å². The first-order valence-electron chi connectivity index (χ1n) is 9.12. The smallest absolute Gasteiger partial charge is 0.408 e. The number of nitrogens with one attached hydrogen (secondary N) is 2. The average Bonchev–Trinajstić information content (AvgIpc) is 3.02. The number of nitrogens with zero attached hydrogens (tertiary/aromatic N) is 1. The summed E-state index contributed by atoms with van der Waals surface area (Å²) < 4.78 is 5.15. The van der Waals surface area contributed by atoms with Crippen LogP contribution in [0, 0.1) is 0 Å². The fourth-order valence-electron chi connectivity index (χ4n) is 3.74. The molecule has 3 rings (SSSR count). The molecule has 0 radical (unpaired) electrons. The van der Waals surface area contributed by atoms with Gasteiger partial charge in [0.15, 0.2) is 0 Å². The summed E-state index contributed by atoms with van der Waals surface area (Å²) in [4.78, 5) is 38.8. The molecule has 3 amide bonds. The third-order valence-electron chi connectivity index (χ3n) is 5.31. The van der Waals surface area contributed by atoms with E-state index in [0.29, 0.717) is 19.4 Å². The van der Waals surface area contributed by atoms with Gasteiger partial charge in [0.05, 0.1) is 12.6 Å². The Hall–Kier alpha value is -2.61. The van der Waals surface area contributed by atoms with Crippen LogP contribution in [0.5, 0.6) is 0 Å². The number of carbonyl (C=O) groups is 3. The second-order valence-corrected chi connectivity index (χ2v) is 7.23. The molecule has 8 heteroatoms. The Labute approximate surface area is 157 Å². The molecule has 1 spiro atoms. The van der Waals surface area contributed by atoms with Gasteiger partial charge in [0, 0.05) is 6.04 Å². The molecule has 27 heavy (non-hydrogen) atoms. The van der Waals surface area contributed by atoms with Crippen molar-refractivity contribution in [2.24, 2.45) is 0 Å². The summed E-state index contributed by atoms with van der Waals surface area (Å²) in [5, 5.41) is 15.2. The fraction of sp³-hybridized carbons (Fsp3) is 0.526. The average molecular weight is 375 g/mol. The van der Waals surface area contributed by atoms with Crippen LogP contribution in [0.4, 0.5) is 4.79 Å². The second-order valence-electron chi connectivity index (χ2n) is 7.23. The maximum Gasteiger partial charge on any atom is 0.408 e. The predicted octanol–water partition coefficient (Wildman–Crippen LogP) is 0.542. The van der Waals surface area contributed by atoms with Crippen LogP contribution in [0.15, 0.2) is 30.3 Å². The highest BCUT2D eigenvalue weighted by atomic mass is 16.5. The molecule has 146 valence electrons. The van der Waals surface area contributed by atoms with Crippen molar-refractivity contribution < 1.29 is 24.2 Å². The number of likely N-dealkylation sites (tertiary alicyclic amines) is 1. The lowest BCUT2D eigenvalue weighted by atomic mass is 9.87. The van der Waals surface area contributed by atoms with Gasteiger partial charge in [-0.25, -0.2) is 4.79 Å². The number of hydrogen-bond donors (Lipinski definition) is 3.